The fraction of sp³-hybridized carbons (Fsp3) is 0.917. The van der Waals surface area contributed by atoms with Crippen LogP contribution in [-0.2, 0) is 4.79 Å². The van der Waals surface area contributed by atoms with Gasteiger partial charge >= 0.3 is 0 Å². The van der Waals surface area contributed by atoms with Gasteiger partial charge in [-0.05, 0) is 44.2 Å². The molecular formula is C12H24N2O. The summed E-state index contributed by atoms with van der Waals surface area (Å²) >= 11 is 0. The number of amides is 1. The molecule has 1 saturated heterocycles. The van der Waals surface area contributed by atoms with Crippen molar-refractivity contribution >= 4 is 5.91 Å². The zero-order chi connectivity index (χ0) is 11.1. The van der Waals surface area contributed by atoms with Gasteiger partial charge in [-0.1, -0.05) is 13.8 Å². The van der Waals surface area contributed by atoms with Gasteiger partial charge in [0.15, 0.2) is 0 Å². The number of piperidine rings is 1. The number of carbonyl (C=O) groups is 1. The van der Waals surface area contributed by atoms with Crippen molar-refractivity contribution in [3.8, 4) is 0 Å². The van der Waals surface area contributed by atoms with E-state index in [0.29, 0.717) is 12.3 Å². The Bertz CT molecular complexity index is 186. The minimum absolute atomic E-state index is 0.203. The van der Waals surface area contributed by atoms with Gasteiger partial charge in [0.1, 0.15) is 0 Å². The lowest BCUT2D eigenvalue weighted by atomic mass is 9.96. The molecule has 1 rings (SSSR count). The molecule has 15 heavy (non-hydrogen) atoms. The van der Waals surface area contributed by atoms with Crippen LogP contribution in [0.2, 0.25) is 0 Å². The normalized spacial score (nSPS) is 21.7. The van der Waals surface area contributed by atoms with Crippen molar-refractivity contribution in [2.24, 2.45) is 11.8 Å². The first-order valence-corrected chi connectivity index (χ1v) is 6.16. The number of hydrogen-bond acceptors (Lipinski definition) is 2. The summed E-state index contributed by atoms with van der Waals surface area (Å²) in [7, 11) is 0. The first-order chi connectivity index (χ1) is 7.18. The zero-order valence-electron chi connectivity index (χ0n) is 10.0. The Kier molecular flexibility index (Phi) is 5.69. The number of carbonyl (C=O) groups excluding carboxylic acids is 1. The molecule has 2 N–H and O–H groups in total. The first kappa shape index (κ1) is 12.5. The number of hydrogen-bond donors (Lipinski definition) is 2. The number of rotatable bonds is 5. The van der Waals surface area contributed by atoms with Crippen LogP contribution in [-0.4, -0.2) is 25.5 Å². The standard InChI is InChI=1S/C12H24N2O/c1-10(2)8-12(15)14-7-5-11-4-3-6-13-9-11/h10-11,13H,3-9H2,1-2H3,(H,14,15). The molecule has 1 atom stereocenters. The Morgan fingerprint density at radius 1 is 1.53 bits per heavy atom. The molecule has 0 aromatic carbocycles. The van der Waals surface area contributed by atoms with E-state index in [1.165, 1.54) is 12.8 Å². The fourth-order valence-electron chi connectivity index (χ4n) is 2.03. The molecule has 0 aromatic heterocycles. The van der Waals surface area contributed by atoms with Crippen molar-refractivity contribution in [1.29, 1.82) is 0 Å². The maximum Gasteiger partial charge on any atom is 0.220 e. The third-order valence-corrected chi connectivity index (χ3v) is 2.87. The molecular weight excluding hydrogens is 188 g/mol. The summed E-state index contributed by atoms with van der Waals surface area (Å²) in [6, 6.07) is 0. The van der Waals surface area contributed by atoms with E-state index in [9.17, 15) is 4.79 Å². The second kappa shape index (κ2) is 6.83. The average molecular weight is 212 g/mol. The highest BCUT2D eigenvalue weighted by atomic mass is 16.1. The maximum atomic E-state index is 11.4. The highest BCUT2D eigenvalue weighted by molar-refractivity contribution is 5.75. The Morgan fingerprint density at radius 2 is 2.33 bits per heavy atom. The molecule has 0 spiro atoms. The molecule has 88 valence electrons. The highest BCUT2D eigenvalue weighted by Crippen LogP contribution is 2.12. The van der Waals surface area contributed by atoms with Gasteiger partial charge in [0.25, 0.3) is 0 Å². The lowest BCUT2D eigenvalue weighted by Crippen LogP contribution is -2.33. The average Bonchev–Trinajstić information content (AvgIpc) is 2.18. The van der Waals surface area contributed by atoms with Gasteiger partial charge in [0, 0.05) is 13.0 Å². The smallest absolute Gasteiger partial charge is 0.220 e. The molecule has 3 heteroatoms. The first-order valence-electron chi connectivity index (χ1n) is 6.16. The van der Waals surface area contributed by atoms with Crippen LogP contribution in [0.15, 0.2) is 0 Å². The van der Waals surface area contributed by atoms with Gasteiger partial charge < -0.3 is 10.6 Å². The predicted molar refractivity (Wildman–Crippen MR) is 62.7 cm³/mol. The van der Waals surface area contributed by atoms with Gasteiger partial charge in [0.2, 0.25) is 5.91 Å². The largest absolute Gasteiger partial charge is 0.356 e. The van der Waals surface area contributed by atoms with Crippen molar-refractivity contribution in [2.45, 2.75) is 39.5 Å². The molecule has 0 aromatic rings. The van der Waals surface area contributed by atoms with Gasteiger partial charge in [-0.3, -0.25) is 4.79 Å². The maximum absolute atomic E-state index is 11.4. The highest BCUT2D eigenvalue weighted by Gasteiger charge is 2.12. The minimum atomic E-state index is 0.203. The second-order valence-corrected chi connectivity index (χ2v) is 4.95. The SMILES string of the molecule is CC(C)CC(=O)NCCC1CCCNC1. The fourth-order valence-corrected chi connectivity index (χ4v) is 2.03. The van der Waals surface area contributed by atoms with Crippen molar-refractivity contribution in [2.75, 3.05) is 19.6 Å². The molecule has 1 aliphatic heterocycles. The lowest BCUT2D eigenvalue weighted by Gasteiger charge is -2.22. The van der Waals surface area contributed by atoms with E-state index < -0.39 is 0 Å². The van der Waals surface area contributed by atoms with E-state index >= 15 is 0 Å². The Labute approximate surface area is 93.0 Å². The predicted octanol–water partition coefficient (Wildman–Crippen LogP) is 1.54. The molecule has 0 radical (unpaired) electrons. The van der Waals surface area contributed by atoms with E-state index in [2.05, 4.69) is 24.5 Å². The summed E-state index contributed by atoms with van der Waals surface area (Å²) < 4.78 is 0. The quantitative estimate of drug-likeness (QED) is 0.726. The monoisotopic (exact) mass is 212 g/mol. The van der Waals surface area contributed by atoms with Gasteiger partial charge in [-0.15, -0.1) is 0 Å². The van der Waals surface area contributed by atoms with Crippen LogP contribution in [0.5, 0.6) is 0 Å². The Morgan fingerprint density at radius 3 is 2.93 bits per heavy atom. The Balaban J connectivity index is 2.02. The molecule has 0 bridgehead atoms. The third kappa shape index (κ3) is 5.78. The van der Waals surface area contributed by atoms with E-state index in [1.54, 1.807) is 0 Å². The molecule has 1 unspecified atom stereocenters. The van der Waals surface area contributed by atoms with Crippen molar-refractivity contribution < 1.29 is 4.79 Å². The van der Waals surface area contributed by atoms with Crippen molar-refractivity contribution in [3.63, 3.8) is 0 Å². The summed E-state index contributed by atoms with van der Waals surface area (Å²) in [6.45, 7) is 7.28. The van der Waals surface area contributed by atoms with Crippen LogP contribution in [0.1, 0.15) is 39.5 Å². The van der Waals surface area contributed by atoms with Gasteiger partial charge in [0.05, 0.1) is 0 Å². The van der Waals surface area contributed by atoms with E-state index in [4.69, 9.17) is 0 Å². The second-order valence-electron chi connectivity index (χ2n) is 4.95. The minimum Gasteiger partial charge on any atom is -0.356 e. The third-order valence-electron chi connectivity index (χ3n) is 2.87. The van der Waals surface area contributed by atoms with E-state index in [-0.39, 0.29) is 5.91 Å². The molecule has 0 aliphatic carbocycles. The molecule has 1 aliphatic rings. The van der Waals surface area contributed by atoms with Crippen LogP contribution in [0.25, 0.3) is 0 Å². The lowest BCUT2D eigenvalue weighted by molar-refractivity contribution is -0.121. The molecule has 1 fully saturated rings. The van der Waals surface area contributed by atoms with E-state index in [0.717, 1.165) is 32.0 Å². The molecule has 0 saturated carbocycles. The van der Waals surface area contributed by atoms with Crippen LogP contribution >= 0.6 is 0 Å². The van der Waals surface area contributed by atoms with Gasteiger partial charge in [-0.2, -0.15) is 0 Å². The summed E-state index contributed by atoms with van der Waals surface area (Å²) in [5, 5.41) is 6.39. The van der Waals surface area contributed by atoms with Crippen LogP contribution in [0, 0.1) is 11.8 Å². The zero-order valence-corrected chi connectivity index (χ0v) is 10.0. The number of nitrogens with one attached hydrogen (secondary N) is 2. The van der Waals surface area contributed by atoms with Crippen LogP contribution in [0.4, 0.5) is 0 Å². The van der Waals surface area contributed by atoms with Crippen molar-refractivity contribution in [1.82, 2.24) is 10.6 Å². The molecule has 3 nitrogen and oxygen atoms in total. The van der Waals surface area contributed by atoms with E-state index in [1.807, 2.05) is 0 Å². The van der Waals surface area contributed by atoms with Crippen LogP contribution < -0.4 is 10.6 Å². The topological polar surface area (TPSA) is 41.1 Å². The van der Waals surface area contributed by atoms with Gasteiger partial charge in [-0.25, -0.2) is 0 Å². The summed E-state index contributed by atoms with van der Waals surface area (Å²) in [5.41, 5.74) is 0. The Hall–Kier alpha value is -0.570. The molecule has 1 heterocycles. The molecule has 1 amide bonds. The summed E-state index contributed by atoms with van der Waals surface area (Å²) in [5.74, 6) is 1.42. The summed E-state index contributed by atoms with van der Waals surface area (Å²) in [4.78, 5) is 11.4. The van der Waals surface area contributed by atoms with Crippen molar-refractivity contribution in [3.05, 3.63) is 0 Å². The van der Waals surface area contributed by atoms with Crippen LogP contribution in [0.3, 0.4) is 0 Å². The summed E-state index contributed by atoms with van der Waals surface area (Å²) in [6.07, 6.45) is 4.37.